The maximum absolute atomic E-state index is 2.36. The van der Waals surface area contributed by atoms with Crippen LogP contribution in [0.25, 0.3) is 0 Å². The van der Waals surface area contributed by atoms with Crippen molar-refractivity contribution in [3.05, 3.63) is 18.6 Å². The van der Waals surface area contributed by atoms with Gasteiger partial charge in [0.05, 0.1) is 0 Å². The summed E-state index contributed by atoms with van der Waals surface area (Å²) in [4.78, 5) is 0. The van der Waals surface area contributed by atoms with E-state index in [1.54, 1.807) is 0 Å². The molecule has 0 saturated carbocycles. The Morgan fingerprint density at radius 2 is 1.75 bits per heavy atom. The lowest BCUT2D eigenvalue weighted by Gasteiger charge is -1.99. The van der Waals surface area contributed by atoms with Crippen molar-refractivity contribution in [2.24, 2.45) is 0 Å². The molecule has 0 fully saturated rings. The van der Waals surface area contributed by atoms with Gasteiger partial charge in [-0.05, 0) is 32.1 Å². The van der Waals surface area contributed by atoms with Crippen LogP contribution in [0.4, 0.5) is 0 Å². The van der Waals surface area contributed by atoms with Gasteiger partial charge < -0.3 is 0 Å². The molecule has 0 aliphatic heterocycles. The van der Waals surface area contributed by atoms with E-state index in [-0.39, 0.29) is 0 Å². The maximum Gasteiger partial charge on any atom is -0.0319 e. The monoisotopic (exact) mass is 109 g/mol. The van der Waals surface area contributed by atoms with Crippen LogP contribution in [0.1, 0.15) is 32.1 Å². The Balaban J connectivity index is 2.17. The Hall–Kier alpha value is -0.260. The molecule has 0 N–H and O–H groups in total. The number of hydrogen-bond acceptors (Lipinski definition) is 0. The predicted molar refractivity (Wildman–Crippen MR) is 36.5 cm³/mol. The van der Waals surface area contributed by atoms with E-state index in [2.05, 4.69) is 18.6 Å². The van der Waals surface area contributed by atoms with Crippen LogP contribution < -0.4 is 0 Å². The van der Waals surface area contributed by atoms with Crippen LogP contribution in [0.5, 0.6) is 0 Å². The molecule has 45 valence electrons. The van der Waals surface area contributed by atoms with Gasteiger partial charge in [0.25, 0.3) is 0 Å². The second-order valence-electron chi connectivity index (χ2n) is 2.28. The van der Waals surface area contributed by atoms with Crippen LogP contribution >= 0.6 is 0 Å². The van der Waals surface area contributed by atoms with Gasteiger partial charge in [-0.1, -0.05) is 18.6 Å². The molecule has 0 nitrogen and oxygen atoms in total. The fraction of sp³-hybridized carbons (Fsp3) is 0.625. The maximum atomic E-state index is 2.36. The van der Waals surface area contributed by atoms with Crippen molar-refractivity contribution in [2.45, 2.75) is 32.1 Å². The summed E-state index contributed by atoms with van der Waals surface area (Å²) < 4.78 is 0. The molecule has 0 heteroatoms. The highest BCUT2D eigenvalue weighted by Gasteiger charge is 1.90. The van der Waals surface area contributed by atoms with Crippen molar-refractivity contribution in [1.29, 1.82) is 0 Å². The van der Waals surface area contributed by atoms with Crippen LogP contribution in [0.15, 0.2) is 12.2 Å². The molecule has 0 spiro atoms. The predicted octanol–water partition coefficient (Wildman–Crippen LogP) is 2.71. The molecule has 8 heavy (non-hydrogen) atoms. The van der Waals surface area contributed by atoms with Crippen LogP contribution in [0.2, 0.25) is 0 Å². The van der Waals surface area contributed by atoms with Crippen molar-refractivity contribution in [3.8, 4) is 0 Å². The van der Waals surface area contributed by atoms with E-state index in [1.165, 1.54) is 32.1 Å². The van der Waals surface area contributed by atoms with Crippen molar-refractivity contribution >= 4 is 0 Å². The summed E-state index contributed by atoms with van der Waals surface area (Å²) in [6.07, 6.45) is 13.5. The van der Waals surface area contributed by atoms with E-state index in [0.717, 1.165) is 0 Å². The van der Waals surface area contributed by atoms with Crippen LogP contribution in [0, 0.1) is 6.42 Å². The van der Waals surface area contributed by atoms with Crippen LogP contribution in [0.3, 0.4) is 0 Å². The van der Waals surface area contributed by atoms with Gasteiger partial charge in [-0.3, -0.25) is 0 Å². The first-order chi connectivity index (χ1) is 4.00. The van der Waals surface area contributed by atoms with Gasteiger partial charge in [0.15, 0.2) is 0 Å². The second-order valence-corrected chi connectivity index (χ2v) is 2.28. The Kier molecular flexibility index (Phi) is 2.72. The molecule has 0 atom stereocenters. The average Bonchev–Trinajstić information content (AvgIpc) is 1.62. The van der Waals surface area contributed by atoms with E-state index in [1.807, 2.05) is 0 Å². The number of rotatable bonds is 0. The fourth-order valence-corrected chi connectivity index (χ4v) is 0.979. The van der Waals surface area contributed by atoms with Crippen LogP contribution in [-0.2, 0) is 0 Å². The lowest BCUT2D eigenvalue weighted by molar-refractivity contribution is 0.717. The molecule has 1 radical (unpaired) electrons. The third-order valence-corrected chi connectivity index (χ3v) is 1.50. The lowest BCUT2D eigenvalue weighted by Crippen LogP contribution is -1.81. The quantitative estimate of drug-likeness (QED) is 0.419. The van der Waals surface area contributed by atoms with Gasteiger partial charge in [-0.25, -0.2) is 0 Å². The normalized spacial score (nSPS) is 26.0. The summed E-state index contributed by atoms with van der Waals surface area (Å²) in [6.45, 7) is 0. The van der Waals surface area contributed by atoms with E-state index >= 15 is 0 Å². The van der Waals surface area contributed by atoms with Gasteiger partial charge >= 0.3 is 0 Å². The molecule has 0 heterocycles. The lowest BCUT2D eigenvalue weighted by atomic mass is 10.1. The van der Waals surface area contributed by atoms with E-state index in [0.29, 0.717) is 0 Å². The third-order valence-electron chi connectivity index (χ3n) is 1.50. The largest absolute Gasteiger partial charge is 0.0885 e. The zero-order valence-electron chi connectivity index (χ0n) is 5.27. The average molecular weight is 109 g/mol. The molecule has 0 amide bonds. The SMILES string of the molecule is [CH]1C/C=C\CCCC1. The molecular formula is C8H13. The summed E-state index contributed by atoms with van der Waals surface area (Å²) in [7, 11) is 0. The minimum atomic E-state index is 1.19. The van der Waals surface area contributed by atoms with Crippen molar-refractivity contribution in [3.63, 3.8) is 0 Å². The zero-order chi connectivity index (χ0) is 5.66. The summed E-state index contributed by atoms with van der Waals surface area (Å²) >= 11 is 0. The molecule has 0 bridgehead atoms. The fourth-order valence-electron chi connectivity index (χ4n) is 0.979. The Bertz CT molecular complexity index is 62.1. The highest BCUT2D eigenvalue weighted by molar-refractivity contribution is 4.88. The van der Waals surface area contributed by atoms with Crippen molar-refractivity contribution in [1.82, 2.24) is 0 Å². The Morgan fingerprint density at radius 3 is 2.75 bits per heavy atom. The molecule has 0 aromatic heterocycles. The molecular weight excluding hydrogens is 96.1 g/mol. The smallest absolute Gasteiger partial charge is 0.0319 e. The topological polar surface area (TPSA) is 0 Å². The summed E-state index contributed by atoms with van der Waals surface area (Å²) in [5, 5.41) is 0. The molecule has 1 aliphatic carbocycles. The van der Waals surface area contributed by atoms with Crippen molar-refractivity contribution < 1.29 is 0 Å². The standard InChI is InChI=1S/C8H13/c1-2-4-6-8-7-5-3-1/h1-2,5H,3-4,6-8H2/b2-1-. The van der Waals surface area contributed by atoms with E-state index < -0.39 is 0 Å². The first-order valence-electron chi connectivity index (χ1n) is 3.47. The second kappa shape index (κ2) is 3.71. The summed E-state index contributed by atoms with van der Waals surface area (Å²) in [5.41, 5.74) is 0. The molecule has 1 aliphatic rings. The van der Waals surface area contributed by atoms with Gasteiger partial charge in [0.2, 0.25) is 0 Å². The molecule has 0 saturated heterocycles. The van der Waals surface area contributed by atoms with Gasteiger partial charge in [0, 0.05) is 0 Å². The van der Waals surface area contributed by atoms with E-state index in [4.69, 9.17) is 0 Å². The summed E-state index contributed by atoms with van der Waals surface area (Å²) in [5.74, 6) is 0. The number of hydrogen-bond donors (Lipinski definition) is 0. The van der Waals surface area contributed by atoms with Crippen molar-refractivity contribution in [2.75, 3.05) is 0 Å². The highest BCUT2D eigenvalue weighted by Crippen LogP contribution is 2.08. The first-order valence-corrected chi connectivity index (χ1v) is 3.47. The van der Waals surface area contributed by atoms with E-state index in [9.17, 15) is 0 Å². The molecule has 0 unspecified atom stereocenters. The Labute approximate surface area is 51.6 Å². The minimum Gasteiger partial charge on any atom is -0.0885 e. The molecule has 1 rings (SSSR count). The zero-order valence-corrected chi connectivity index (χ0v) is 5.27. The third kappa shape index (κ3) is 2.15. The highest BCUT2D eigenvalue weighted by atomic mass is 14.0. The molecule has 0 aromatic rings. The van der Waals surface area contributed by atoms with Gasteiger partial charge in [-0.15, -0.1) is 0 Å². The first kappa shape index (κ1) is 5.87. The van der Waals surface area contributed by atoms with Gasteiger partial charge in [0.1, 0.15) is 0 Å². The van der Waals surface area contributed by atoms with Crippen LogP contribution in [-0.4, -0.2) is 0 Å². The molecule has 0 aromatic carbocycles. The summed E-state index contributed by atoms with van der Waals surface area (Å²) in [6, 6.07) is 0. The number of allylic oxidation sites excluding steroid dienone is 2. The van der Waals surface area contributed by atoms with Gasteiger partial charge in [-0.2, -0.15) is 0 Å². The minimum absolute atomic E-state index is 1.19. The Morgan fingerprint density at radius 1 is 0.875 bits per heavy atom.